The predicted octanol–water partition coefficient (Wildman–Crippen LogP) is 2.10. The second kappa shape index (κ2) is 5.09. The number of rotatable bonds is 2. The smallest absolute Gasteiger partial charge is 0.189 e. The molecule has 3 aliphatic rings. The molecule has 3 aliphatic heterocycles. The molecule has 2 aromatic rings. The molecule has 2 bridgehead atoms. The number of halogens is 1. The summed E-state index contributed by atoms with van der Waals surface area (Å²) in [6.45, 7) is 4.54. The summed E-state index contributed by atoms with van der Waals surface area (Å²) in [6, 6.07) is 5.58. The molecule has 0 spiro atoms. The van der Waals surface area contributed by atoms with Gasteiger partial charge in [-0.2, -0.15) is 0 Å². The number of nitrogens with one attached hydrogen (secondary N) is 1. The van der Waals surface area contributed by atoms with Gasteiger partial charge in [0, 0.05) is 49.4 Å². The van der Waals surface area contributed by atoms with Crippen molar-refractivity contribution in [2.75, 3.05) is 18.0 Å². The number of benzene rings is 1. The first-order chi connectivity index (χ1) is 10.7. The normalized spacial score (nSPS) is 24.2. The van der Waals surface area contributed by atoms with Crippen LogP contribution in [0.1, 0.15) is 19.8 Å². The highest BCUT2D eigenvalue weighted by Crippen LogP contribution is 2.32. The fourth-order valence-electron chi connectivity index (χ4n) is 3.81. The van der Waals surface area contributed by atoms with E-state index >= 15 is 0 Å². The second-order valence-electron chi connectivity index (χ2n) is 6.28. The van der Waals surface area contributed by atoms with Crippen molar-refractivity contribution in [1.82, 2.24) is 9.88 Å². The zero-order chi connectivity index (χ0) is 15.3. The monoisotopic (exact) mass is 301 g/mol. The molecule has 1 N–H and O–H groups in total. The third-order valence-corrected chi connectivity index (χ3v) is 5.04. The molecule has 116 valence electrons. The van der Waals surface area contributed by atoms with Crippen LogP contribution in [0.15, 0.2) is 29.2 Å². The summed E-state index contributed by atoms with van der Waals surface area (Å²) < 4.78 is 16.6. The van der Waals surface area contributed by atoms with Crippen LogP contribution in [-0.2, 0) is 6.54 Å². The van der Waals surface area contributed by atoms with Gasteiger partial charge in [-0.3, -0.25) is 4.79 Å². The summed E-state index contributed by atoms with van der Waals surface area (Å²) >= 11 is 0. The summed E-state index contributed by atoms with van der Waals surface area (Å²) in [4.78, 5) is 14.2. The fraction of sp³-hybridized carbons (Fsp3) is 0.471. The molecule has 4 heterocycles. The first kappa shape index (κ1) is 13.8. The molecular weight excluding hydrogens is 281 g/mol. The summed E-state index contributed by atoms with van der Waals surface area (Å²) in [5.41, 5.74) is 1.34. The molecule has 0 amide bonds. The Bertz CT molecular complexity index is 777. The lowest BCUT2D eigenvalue weighted by Crippen LogP contribution is -2.61. The van der Waals surface area contributed by atoms with Crippen LogP contribution in [0.4, 0.5) is 10.1 Å². The zero-order valence-corrected chi connectivity index (χ0v) is 12.7. The largest absolute Gasteiger partial charge is 0.363 e. The van der Waals surface area contributed by atoms with Gasteiger partial charge in [-0.1, -0.05) is 0 Å². The third kappa shape index (κ3) is 2.03. The van der Waals surface area contributed by atoms with Crippen LogP contribution in [0.2, 0.25) is 0 Å². The molecule has 5 heteroatoms. The van der Waals surface area contributed by atoms with Crippen molar-refractivity contribution in [3.63, 3.8) is 0 Å². The van der Waals surface area contributed by atoms with Crippen LogP contribution in [0.25, 0.3) is 10.9 Å². The zero-order valence-electron chi connectivity index (χ0n) is 12.7. The van der Waals surface area contributed by atoms with Gasteiger partial charge in [0.2, 0.25) is 0 Å². The number of fused-ring (bicyclic) bond motifs is 4. The Morgan fingerprint density at radius 2 is 2.23 bits per heavy atom. The van der Waals surface area contributed by atoms with E-state index < -0.39 is 0 Å². The first-order valence-corrected chi connectivity index (χ1v) is 8.00. The van der Waals surface area contributed by atoms with E-state index in [2.05, 4.69) is 10.2 Å². The Hall–Kier alpha value is -1.88. The molecule has 22 heavy (non-hydrogen) atoms. The average Bonchev–Trinajstić information content (AvgIpc) is 2.56. The molecule has 0 saturated carbocycles. The highest BCUT2D eigenvalue weighted by molar-refractivity contribution is 5.83. The van der Waals surface area contributed by atoms with Crippen molar-refractivity contribution < 1.29 is 4.39 Å². The van der Waals surface area contributed by atoms with Crippen molar-refractivity contribution in [3.8, 4) is 0 Å². The van der Waals surface area contributed by atoms with Crippen molar-refractivity contribution in [3.05, 3.63) is 40.4 Å². The van der Waals surface area contributed by atoms with E-state index in [4.69, 9.17) is 0 Å². The lowest BCUT2D eigenvalue weighted by molar-refractivity contribution is 0.288. The number of aromatic nitrogens is 1. The molecule has 3 saturated heterocycles. The fourth-order valence-corrected chi connectivity index (χ4v) is 3.81. The summed E-state index contributed by atoms with van der Waals surface area (Å²) in [5.74, 6) is -0.286. The van der Waals surface area contributed by atoms with E-state index in [1.807, 2.05) is 17.6 Å². The van der Waals surface area contributed by atoms with Gasteiger partial charge in [-0.15, -0.1) is 0 Å². The van der Waals surface area contributed by atoms with Gasteiger partial charge in [0.25, 0.3) is 0 Å². The van der Waals surface area contributed by atoms with E-state index in [0.717, 1.165) is 38.0 Å². The van der Waals surface area contributed by atoms with Gasteiger partial charge in [0.05, 0.1) is 11.2 Å². The first-order valence-electron chi connectivity index (χ1n) is 8.00. The lowest BCUT2D eigenvalue weighted by atomic mass is 9.92. The van der Waals surface area contributed by atoms with Gasteiger partial charge < -0.3 is 14.8 Å². The van der Waals surface area contributed by atoms with E-state index in [9.17, 15) is 9.18 Å². The van der Waals surface area contributed by atoms with Crippen molar-refractivity contribution in [1.29, 1.82) is 0 Å². The minimum absolute atomic E-state index is 0.119. The van der Waals surface area contributed by atoms with Gasteiger partial charge >= 0.3 is 0 Å². The summed E-state index contributed by atoms with van der Waals surface area (Å²) in [5, 5.41) is 3.95. The number of piperazine rings is 1. The Kier molecular flexibility index (Phi) is 3.18. The second-order valence-corrected chi connectivity index (χ2v) is 6.28. The lowest BCUT2D eigenvalue weighted by Gasteiger charge is -2.47. The number of hydrogen-bond acceptors (Lipinski definition) is 3. The van der Waals surface area contributed by atoms with E-state index in [1.54, 1.807) is 6.20 Å². The molecule has 1 aromatic carbocycles. The molecule has 3 fully saturated rings. The maximum atomic E-state index is 14.6. The standard InChI is InChI=1S/C17H20FN3O/c1-2-20-6-5-17(22)13-7-14(18)16(8-15(13)20)21-10-11-3-4-12(21)9-19-11/h5-8,11-12,19H,2-4,9-10H2,1H3. The predicted molar refractivity (Wildman–Crippen MR) is 86.0 cm³/mol. The number of aryl methyl sites for hydroxylation is 1. The van der Waals surface area contributed by atoms with Crippen LogP contribution in [0.3, 0.4) is 0 Å². The molecule has 2 atom stereocenters. The molecule has 1 aromatic heterocycles. The van der Waals surface area contributed by atoms with Gasteiger partial charge in [-0.05, 0) is 31.9 Å². The number of pyridine rings is 1. The number of piperidine rings is 2. The third-order valence-electron chi connectivity index (χ3n) is 5.04. The Balaban J connectivity index is 1.88. The van der Waals surface area contributed by atoms with Gasteiger partial charge in [0.15, 0.2) is 5.43 Å². The maximum absolute atomic E-state index is 14.6. The Morgan fingerprint density at radius 1 is 1.36 bits per heavy atom. The molecule has 5 rings (SSSR count). The number of hydrogen-bond donors (Lipinski definition) is 1. The minimum atomic E-state index is -0.286. The van der Waals surface area contributed by atoms with Crippen molar-refractivity contribution >= 4 is 16.6 Å². The summed E-state index contributed by atoms with van der Waals surface area (Å²) in [7, 11) is 0. The van der Waals surface area contributed by atoms with Crippen LogP contribution in [-0.4, -0.2) is 29.7 Å². The van der Waals surface area contributed by atoms with E-state index in [-0.39, 0.29) is 11.2 Å². The average molecular weight is 301 g/mol. The SMILES string of the molecule is CCn1ccc(=O)c2cc(F)c(N3CC4CCC3CN4)cc21. The quantitative estimate of drug-likeness (QED) is 0.923. The van der Waals surface area contributed by atoms with Crippen LogP contribution in [0.5, 0.6) is 0 Å². The van der Waals surface area contributed by atoms with E-state index in [1.165, 1.54) is 12.1 Å². The van der Waals surface area contributed by atoms with Crippen LogP contribution < -0.4 is 15.6 Å². The maximum Gasteiger partial charge on any atom is 0.189 e. The highest BCUT2D eigenvalue weighted by Gasteiger charge is 2.34. The molecule has 2 unspecified atom stereocenters. The number of anilines is 1. The van der Waals surface area contributed by atoms with Crippen molar-refractivity contribution in [2.45, 2.75) is 38.4 Å². The van der Waals surface area contributed by atoms with E-state index in [0.29, 0.717) is 23.2 Å². The summed E-state index contributed by atoms with van der Waals surface area (Å²) in [6.07, 6.45) is 4.05. The molecule has 4 nitrogen and oxygen atoms in total. The van der Waals surface area contributed by atoms with Crippen LogP contribution >= 0.6 is 0 Å². The molecule has 0 aliphatic carbocycles. The van der Waals surface area contributed by atoms with Crippen LogP contribution in [0, 0.1) is 5.82 Å². The number of nitrogens with zero attached hydrogens (tertiary/aromatic N) is 2. The highest BCUT2D eigenvalue weighted by atomic mass is 19.1. The molecule has 0 radical (unpaired) electrons. The Morgan fingerprint density at radius 3 is 2.86 bits per heavy atom. The Labute approximate surface area is 128 Å². The topological polar surface area (TPSA) is 37.3 Å². The van der Waals surface area contributed by atoms with Crippen molar-refractivity contribution in [2.24, 2.45) is 0 Å². The molecular formula is C17H20FN3O. The minimum Gasteiger partial charge on any atom is -0.363 e. The van der Waals surface area contributed by atoms with Gasteiger partial charge in [-0.25, -0.2) is 4.39 Å². The van der Waals surface area contributed by atoms with Gasteiger partial charge in [0.1, 0.15) is 5.82 Å².